The highest BCUT2D eigenvalue weighted by atomic mass is 16.5. The summed E-state index contributed by atoms with van der Waals surface area (Å²) in [6, 6.07) is 12.0. The quantitative estimate of drug-likeness (QED) is 0.671. The second kappa shape index (κ2) is 6.91. The molecule has 0 saturated heterocycles. The van der Waals surface area contributed by atoms with Gasteiger partial charge < -0.3 is 9.15 Å². The lowest BCUT2D eigenvalue weighted by Gasteiger charge is -2.04. The predicted molar refractivity (Wildman–Crippen MR) is 75.8 cm³/mol. The number of benzene rings is 1. The largest absolute Gasteiger partial charge is 0.484 e. The Kier molecular flexibility index (Phi) is 4.72. The molecule has 0 saturated carbocycles. The molecule has 6 heteroatoms. The van der Waals surface area contributed by atoms with Gasteiger partial charge in [0.1, 0.15) is 17.3 Å². The van der Waals surface area contributed by atoms with Gasteiger partial charge in [0, 0.05) is 0 Å². The molecule has 0 unspecified atom stereocenters. The van der Waals surface area contributed by atoms with Crippen LogP contribution < -0.4 is 10.2 Å². The standard InChI is InChI=1S/C15H13N3O3/c1-11-2-5-14(21-11)9-17-18-15(19)10-20-13-6-3-12(8-16)4-7-13/h2-7,9H,10H2,1H3,(H,18,19)/b17-9+. The minimum absolute atomic E-state index is 0.166. The summed E-state index contributed by atoms with van der Waals surface area (Å²) in [5.41, 5.74) is 2.86. The van der Waals surface area contributed by atoms with E-state index in [9.17, 15) is 4.79 Å². The Labute approximate surface area is 121 Å². The number of carbonyl (C=O) groups is 1. The highest BCUT2D eigenvalue weighted by Gasteiger charge is 2.01. The van der Waals surface area contributed by atoms with E-state index in [0.29, 0.717) is 17.1 Å². The van der Waals surface area contributed by atoms with Crippen molar-refractivity contribution in [2.75, 3.05) is 6.61 Å². The summed E-state index contributed by atoms with van der Waals surface area (Å²) in [5, 5.41) is 12.4. The van der Waals surface area contributed by atoms with Gasteiger partial charge in [0.2, 0.25) is 0 Å². The SMILES string of the molecule is Cc1ccc(/C=N/NC(=O)COc2ccc(C#N)cc2)o1. The first-order chi connectivity index (χ1) is 10.2. The number of nitrogens with one attached hydrogen (secondary N) is 1. The molecule has 0 aliphatic carbocycles. The van der Waals surface area contributed by atoms with Crippen LogP contribution in [0.25, 0.3) is 0 Å². The van der Waals surface area contributed by atoms with Crippen LogP contribution in [0, 0.1) is 18.3 Å². The number of nitriles is 1. The monoisotopic (exact) mass is 283 g/mol. The molecule has 0 radical (unpaired) electrons. The van der Waals surface area contributed by atoms with Crippen LogP contribution in [0.15, 0.2) is 45.9 Å². The van der Waals surface area contributed by atoms with E-state index >= 15 is 0 Å². The first-order valence-electron chi connectivity index (χ1n) is 6.18. The lowest BCUT2D eigenvalue weighted by Crippen LogP contribution is -2.24. The Morgan fingerprint density at radius 2 is 2.14 bits per heavy atom. The zero-order valence-electron chi connectivity index (χ0n) is 11.4. The molecule has 1 heterocycles. The minimum Gasteiger partial charge on any atom is -0.484 e. The maximum atomic E-state index is 11.5. The van der Waals surface area contributed by atoms with Crippen molar-refractivity contribution in [1.82, 2.24) is 5.43 Å². The third-order valence-electron chi connectivity index (χ3n) is 2.50. The van der Waals surface area contributed by atoms with Gasteiger partial charge in [-0.3, -0.25) is 4.79 Å². The third-order valence-corrected chi connectivity index (χ3v) is 2.50. The molecule has 0 bridgehead atoms. The summed E-state index contributed by atoms with van der Waals surface area (Å²) in [6.07, 6.45) is 1.41. The molecule has 21 heavy (non-hydrogen) atoms. The van der Waals surface area contributed by atoms with Crippen LogP contribution in [0.3, 0.4) is 0 Å². The Hall–Kier alpha value is -3.07. The van der Waals surface area contributed by atoms with E-state index in [1.54, 1.807) is 36.4 Å². The summed E-state index contributed by atoms with van der Waals surface area (Å²) in [5.74, 6) is 1.45. The van der Waals surface area contributed by atoms with Gasteiger partial charge in [-0.2, -0.15) is 10.4 Å². The van der Waals surface area contributed by atoms with Crippen LogP contribution in [0.1, 0.15) is 17.1 Å². The smallest absolute Gasteiger partial charge is 0.277 e. The second-order valence-electron chi connectivity index (χ2n) is 4.17. The molecule has 2 aromatic rings. The van der Waals surface area contributed by atoms with Crippen molar-refractivity contribution in [1.29, 1.82) is 5.26 Å². The molecule has 1 amide bonds. The van der Waals surface area contributed by atoms with Crippen molar-refractivity contribution < 1.29 is 13.9 Å². The van der Waals surface area contributed by atoms with Gasteiger partial charge in [-0.05, 0) is 43.3 Å². The number of amides is 1. The van der Waals surface area contributed by atoms with Gasteiger partial charge in [0.15, 0.2) is 6.61 Å². The number of carbonyl (C=O) groups excluding carboxylic acids is 1. The summed E-state index contributed by atoms with van der Waals surface area (Å²) >= 11 is 0. The Balaban J connectivity index is 1.76. The number of furan rings is 1. The molecule has 106 valence electrons. The summed E-state index contributed by atoms with van der Waals surface area (Å²) < 4.78 is 10.5. The van der Waals surface area contributed by atoms with E-state index in [4.69, 9.17) is 14.4 Å². The molecule has 0 spiro atoms. The number of hydrazone groups is 1. The van der Waals surface area contributed by atoms with E-state index in [2.05, 4.69) is 10.5 Å². The molecule has 1 aromatic carbocycles. The number of ether oxygens (including phenoxy) is 1. The number of hydrogen-bond acceptors (Lipinski definition) is 5. The lowest BCUT2D eigenvalue weighted by atomic mass is 10.2. The maximum absolute atomic E-state index is 11.5. The van der Waals surface area contributed by atoms with Gasteiger partial charge in [0.05, 0.1) is 17.8 Å². The van der Waals surface area contributed by atoms with E-state index in [-0.39, 0.29) is 12.5 Å². The Morgan fingerprint density at radius 1 is 1.38 bits per heavy atom. The van der Waals surface area contributed by atoms with Crippen LogP contribution in [0.4, 0.5) is 0 Å². The lowest BCUT2D eigenvalue weighted by molar-refractivity contribution is -0.123. The first kappa shape index (κ1) is 14.3. The van der Waals surface area contributed by atoms with Crippen LogP contribution >= 0.6 is 0 Å². The normalized spacial score (nSPS) is 10.3. The number of aryl methyl sites for hydroxylation is 1. The van der Waals surface area contributed by atoms with Gasteiger partial charge in [-0.15, -0.1) is 0 Å². The molecular formula is C15H13N3O3. The zero-order valence-corrected chi connectivity index (χ0v) is 11.4. The third kappa shape index (κ3) is 4.51. The molecule has 2 rings (SSSR count). The Morgan fingerprint density at radius 3 is 2.76 bits per heavy atom. The van der Waals surface area contributed by atoms with Crippen molar-refractivity contribution in [3.63, 3.8) is 0 Å². The summed E-state index contributed by atoms with van der Waals surface area (Å²) in [4.78, 5) is 11.5. The minimum atomic E-state index is -0.390. The van der Waals surface area contributed by atoms with Crippen molar-refractivity contribution in [3.05, 3.63) is 53.5 Å². The summed E-state index contributed by atoms with van der Waals surface area (Å²) in [7, 11) is 0. The summed E-state index contributed by atoms with van der Waals surface area (Å²) in [6.45, 7) is 1.65. The maximum Gasteiger partial charge on any atom is 0.277 e. The molecule has 0 aliphatic rings. The average molecular weight is 283 g/mol. The number of hydrogen-bond donors (Lipinski definition) is 1. The van der Waals surface area contributed by atoms with Crippen molar-refractivity contribution in [2.24, 2.45) is 5.10 Å². The van der Waals surface area contributed by atoms with Gasteiger partial charge >= 0.3 is 0 Å². The van der Waals surface area contributed by atoms with E-state index < -0.39 is 0 Å². The topological polar surface area (TPSA) is 87.6 Å². The molecule has 0 atom stereocenters. The second-order valence-corrected chi connectivity index (χ2v) is 4.17. The molecular weight excluding hydrogens is 270 g/mol. The van der Waals surface area contributed by atoms with Gasteiger partial charge in [-0.1, -0.05) is 0 Å². The van der Waals surface area contributed by atoms with Crippen LogP contribution in [-0.2, 0) is 4.79 Å². The van der Waals surface area contributed by atoms with Crippen molar-refractivity contribution >= 4 is 12.1 Å². The number of rotatable bonds is 5. The molecule has 1 N–H and O–H groups in total. The zero-order chi connectivity index (χ0) is 15.1. The van der Waals surface area contributed by atoms with E-state index in [1.165, 1.54) is 6.21 Å². The van der Waals surface area contributed by atoms with E-state index in [0.717, 1.165) is 5.76 Å². The fourth-order valence-electron chi connectivity index (χ4n) is 1.50. The number of nitrogens with zero attached hydrogens (tertiary/aromatic N) is 2. The average Bonchev–Trinajstić information content (AvgIpc) is 2.91. The Bertz CT molecular complexity index is 681. The fourth-order valence-corrected chi connectivity index (χ4v) is 1.50. The van der Waals surface area contributed by atoms with Crippen molar-refractivity contribution in [2.45, 2.75) is 6.92 Å². The van der Waals surface area contributed by atoms with Crippen molar-refractivity contribution in [3.8, 4) is 11.8 Å². The van der Waals surface area contributed by atoms with Gasteiger partial charge in [0.25, 0.3) is 5.91 Å². The fraction of sp³-hybridized carbons (Fsp3) is 0.133. The predicted octanol–water partition coefficient (Wildman–Crippen LogP) is 1.99. The first-order valence-corrected chi connectivity index (χ1v) is 6.18. The molecule has 6 nitrogen and oxygen atoms in total. The van der Waals surface area contributed by atoms with Crippen LogP contribution in [0.2, 0.25) is 0 Å². The molecule has 0 aliphatic heterocycles. The van der Waals surface area contributed by atoms with Gasteiger partial charge in [-0.25, -0.2) is 5.43 Å². The van der Waals surface area contributed by atoms with E-state index in [1.807, 2.05) is 13.0 Å². The molecule has 1 aromatic heterocycles. The highest BCUT2D eigenvalue weighted by Crippen LogP contribution is 2.11. The molecule has 0 fully saturated rings. The van der Waals surface area contributed by atoms with Crippen LogP contribution in [0.5, 0.6) is 5.75 Å². The van der Waals surface area contributed by atoms with Crippen LogP contribution in [-0.4, -0.2) is 18.7 Å². The highest BCUT2D eigenvalue weighted by molar-refractivity contribution is 5.81.